The first-order valence-electron chi connectivity index (χ1n) is 16.1. The minimum atomic E-state index is -0.578. The number of hydrogen-bond donors (Lipinski definition) is 2. The van der Waals surface area contributed by atoms with E-state index in [0.29, 0.717) is 63.1 Å². The van der Waals surface area contributed by atoms with Gasteiger partial charge in [-0.2, -0.15) is 21.7 Å². The van der Waals surface area contributed by atoms with Crippen LogP contribution in [0.1, 0.15) is 44.1 Å². The summed E-state index contributed by atoms with van der Waals surface area (Å²) in [5, 5.41) is 16.9. The number of phenols is 1. The Morgan fingerprint density at radius 3 is 2.89 bits per heavy atom. The van der Waals surface area contributed by atoms with Gasteiger partial charge in [-0.3, -0.25) is 9.88 Å². The number of aromatic hydroxyl groups is 1. The van der Waals surface area contributed by atoms with Crippen LogP contribution in [0.3, 0.4) is 0 Å². The first kappa shape index (κ1) is 27.6. The van der Waals surface area contributed by atoms with Crippen LogP contribution in [0.2, 0.25) is 0 Å². The maximum Gasteiger partial charge on any atom is 0.319 e. The highest BCUT2D eigenvalue weighted by Crippen LogP contribution is 2.51. The largest absolute Gasteiger partial charge is 0.508 e. The average Bonchev–Trinajstić information content (AvgIpc) is 3.81. The van der Waals surface area contributed by atoms with Gasteiger partial charge in [0, 0.05) is 59.2 Å². The van der Waals surface area contributed by atoms with E-state index in [1.807, 2.05) is 18.2 Å². The Kier molecular flexibility index (Phi) is 6.41. The van der Waals surface area contributed by atoms with Gasteiger partial charge in [0.05, 0.1) is 10.9 Å². The maximum absolute atomic E-state index is 16.9. The van der Waals surface area contributed by atoms with Crippen LogP contribution in [0.4, 0.5) is 10.2 Å². The van der Waals surface area contributed by atoms with E-state index in [4.69, 9.17) is 21.1 Å². The van der Waals surface area contributed by atoms with Gasteiger partial charge >= 0.3 is 6.01 Å². The molecule has 5 unspecified atom stereocenters. The van der Waals surface area contributed by atoms with Gasteiger partial charge < -0.3 is 20.1 Å². The van der Waals surface area contributed by atoms with Crippen LogP contribution in [0, 0.1) is 18.2 Å². The molecule has 0 radical (unpaired) electrons. The lowest BCUT2D eigenvalue weighted by atomic mass is 9.95. The van der Waals surface area contributed by atoms with Gasteiger partial charge in [0.1, 0.15) is 29.4 Å². The van der Waals surface area contributed by atoms with E-state index in [0.717, 1.165) is 45.3 Å². The Labute approximate surface area is 265 Å². The van der Waals surface area contributed by atoms with E-state index in [9.17, 15) is 5.11 Å². The van der Waals surface area contributed by atoms with Gasteiger partial charge in [-0.15, -0.1) is 6.42 Å². The van der Waals surface area contributed by atoms with Gasteiger partial charge in [0.15, 0.2) is 5.82 Å². The molecule has 45 heavy (non-hydrogen) atoms. The topological polar surface area (TPSA) is 86.6 Å². The molecule has 0 aliphatic carbocycles. The summed E-state index contributed by atoms with van der Waals surface area (Å²) in [6.07, 6.45) is 14.4. The fourth-order valence-electron chi connectivity index (χ4n) is 8.88. The van der Waals surface area contributed by atoms with Crippen molar-refractivity contribution < 1.29 is 14.2 Å². The molecule has 5 aliphatic heterocycles. The molecule has 0 saturated carbocycles. The second kappa shape index (κ2) is 10.4. The number of ether oxygens (including phenoxy) is 1. The first-order valence-corrected chi connectivity index (χ1v) is 17.2. The van der Waals surface area contributed by atoms with Crippen LogP contribution >= 0.6 is 11.8 Å². The number of phenolic OH excluding ortho intramolecular Hbond substituents is 1. The van der Waals surface area contributed by atoms with Crippen LogP contribution in [0.25, 0.3) is 32.9 Å². The Bertz CT molecular complexity index is 1890. The van der Waals surface area contributed by atoms with Crippen molar-refractivity contribution in [3.05, 3.63) is 47.9 Å². The molecule has 2 aromatic heterocycles. The molecule has 8 nitrogen and oxygen atoms in total. The summed E-state index contributed by atoms with van der Waals surface area (Å²) in [6, 6.07) is 10.2. The monoisotopic (exact) mass is 622 g/mol. The fraction of sp³-hybridized carbons (Fsp3) is 0.457. The SMILES string of the molecule is C#Cc1cccc2cc(O)cc(-c3ncc4c(N5CC6CCC(C5)N6)nc(OCC56CCCN5C5CCSC5C6)nc4c3F)c12. The van der Waals surface area contributed by atoms with E-state index in [-0.39, 0.29) is 28.5 Å². The Balaban J connectivity index is 1.16. The van der Waals surface area contributed by atoms with Crippen molar-refractivity contribution in [2.45, 2.75) is 67.4 Å². The summed E-state index contributed by atoms with van der Waals surface area (Å²) in [7, 11) is 0. The third kappa shape index (κ3) is 4.38. The molecule has 5 fully saturated rings. The minimum absolute atomic E-state index is 0.0105. The number of nitrogens with zero attached hydrogens (tertiary/aromatic N) is 5. The van der Waals surface area contributed by atoms with Crippen LogP contribution in [-0.4, -0.2) is 85.9 Å². The summed E-state index contributed by atoms with van der Waals surface area (Å²) in [5.74, 6) is 4.04. The Hall–Kier alpha value is -3.65. The van der Waals surface area contributed by atoms with Gasteiger partial charge in [-0.1, -0.05) is 18.1 Å². The van der Waals surface area contributed by atoms with Gasteiger partial charge in [-0.25, -0.2) is 4.39 Å². The summed E-state index contributed by atoms with van der Waals surface area (Å²) in [6.45, 7) is 3.18. The lowest BCUT2D eigenvalue weighted by Gasteiger charge is -2.35. The zero-order valence-electron chi connectivity index (χ0n) is 25.0. The van der Waals surface area contributed by atoms with Crippen molar-refractivity contribution in [2.24, 2.45) is 0 Å². The molecule has 2 bridgehead atoms. The highest BCUT2D eigenvalue weighted by atomic mass is 32.2. The number of aromatic nitrogens is 3. The van der Waals surface area contributed by atoms with Crippen molar-refractivity contribution in [1.82, 2.24) is 25.2 Å². The van der Waals surface area contributed by atoms with Crippen LogP contribution in [0.15, 0.2) is 36.5 Å². The number of rotatable bonds is 5. The molecule has 230 valence electrons. The summed E-state index contributed by atoms with van der Waals surface area (Å²) >= 11 is 2.10. The van der Waals surface area contributed by atoms with Crippen molar-refractivity contribution in [1.29, 1.82) is 0 Å². The van der Waals surface area contributed by atoms with E-state index >= 15 is 4.39 Å². The first-order chi connectivity index (χ1) is 22.0. The number of hydrogen-bond acceptors (Lipinski definition) is 9. The summed E-state index contributed by atoms with van der Waals surface area (Å²) in [4.78, 5) is 19.3. The zero-order valence-corrected chi connectivity index (χ0v) is 25.8. The van der Waals surface area contributed by atoms with Gasteiger partial charge in [0.25, 0.3) is 0 Å². The highest BCUT2D eigenvalue weighted by Gasteiger charge is 2.56. The van der Waals surface area contributed by atoms with Crippen LogP contribution in [0.5, 0.6) is 11.8 Å². The number of nitrogens with one attached hydrogen (secondary N) is 1. The Morgan fingerprint density at radius 2 is 2.04 bits per heavy atom. The molecular formula is C35H35FN6O2S. The molecule has 7 heterocycles. The molecule has 9 rings (SSSR count). The van der Waals surface area contributed by atoms with Crippen molar-refractivity contribution in [2.75, 3.05) is 36.9 Å². The molecule has 0 spiro atoms. The number of terminal acetylenes is 1. The number of piperazine rings is 1. The molecule has 2 N–H and O–H groups in total. The molecule has 5 atom stereocenters. The fourth-order valence-corrected chi connectivity index (χ4v) is 10.5. The predicted octanol–water partition coefficient (Wildman–Crippen LogP) is 5.10. The van der Waals surface area contributed by atoms with Crippen LogP contribution in [-0.2, 0) is 0 Å². The molecule has 10 heteroatoms. The average molecular weight is 623 g/mol. The summed E-state index contributed by atoms with van der Waals surface area (Å²) in [5.41, 5.74) is 1.27. The molecule has 2 aromatic carbocycles. The summed E-state index contributed by atoms with van der Waals surface area (Å²) < 4.78 is 23.4. The minimum Gasteiger partial charge on any atom is -0.508 e. The molecular weight excluding hydrogens is 587 g/mol. The van der Waals surface area contributed by atoms with Gasteiger partial charge in [-0.05, 0) is 74.4 Å². The lowest BCUT2D eigenvalue weighted by Crippen LogP contribution is -2.51. The number of anilines is 1. The predicted molar refractivity (Wildman–Crippen MR) is 175 cm³/mol. The maximum atomic E-state index is 16.9. The standard InChI is InChI=1S/C35H35FN6O2S/c1-2-20-5-3-6-21-13-24(43)14-25(29(20)21)31-30(36)32-26(16-37-31)33(41-17-22-7-8-23(18-41)38-22)40-34(39-32)44-19-35-10-4-11-42(35)27-9-12-45-28(27)15-35/h1,3,5-6,13-14,16,22-23,27-28,38,43H,4,7-12,15,17-19H2. The Morgan fingerprint density at radius 1 is 1.18 bits per heavy atom. The second-order valence-electron chi connectivity index (χ2n) is 13.4. The highest BCUT2D eigenvalue weighted by molar-refractivity contribution is 8.00. The molecule has 4 aromatic rings. The smallest absolute Gasteiger partial charge is 0.319 e. The lowest BCUT2D eigenvalue weighted by molar-refractivity contribution is 0.0843. The second-order valence-corrected chi connectivity index (χ2v) is 14.7. The number of fused-ring (bicyclic) bond motifs is 7. The number of thioether (sulfide) groups is 1. The molecule has 0 amide bonds. The van der Waals surface area contributed by atoms with Crippen LogP contribution < -0.4 is 15.0 Å². The van der Waals surface area contributed by atoms with Crippen molar-refractivity contribution in [3.8, 4) is 35.4 Å². The molecule has 5 aliphatic rings. The quantitative estimate of drug-likeness (QED) is 0.295. The van der Waals surface area contributed by atoms with Crippen molar-refractivity contribution in [3.63, 3.8) is 0 Å². The third-order valence-corrected chi connectivity index (χ3v) is 12.2. The third-order valence-electron chi connectivity index (χ3n) is 10.8. The normalized spacial score (nSPS) is 28.9. The zero-order chi connectivity index (χ0) is 30.3. The number of benzene rings is 2. The number of pyridine rings is 1. The van der Waals surface area contributed by atoms with E-state index in [1.54, 1.807) is 12.3 Å². The van der Waals surface area contributed by atoms with E-state index < -0.39 is 5.82 Å². The van der Waals surface area contributed by atoms with Crippen molar-refractivity contribution >= 4 is 39.3 Å². The van der Waals surface area contributed by atoms with E-state index in [1.165, 1.54) is 24.7 Å². The molecule has 5 saturated heterocycles. The van der Waals surface area contributed by atoms with E-state index in [2.05, 4.69) is 37.8 Å². The number of halogens is 1. The van der Waals surface area contributed by atoms with Gasteiger partial charge in [0.2, 0.25) is 0 Å².